The van der Waals surface area contributed by atoms with Gasteiger partial charge in [-0.05, 0) is 25.0 Å². The normalized spacial score (nSPS) is 20.4. The van der Waals surface area contributed by atoms with Gasteiger partial charge in [-0.2, -0.15) is 4.80 Å². The fourth-order valence-corrected chi connectivity index (χ4v) is 2.20. The zero-order chi connectivity index (χ0) is 10.7. The predicted octanol–water partition coefficient (Wildman–Crippen LogP) is 1.02. The average molecular weight is 209 g/mol. The summed E-state index contributed by atoms with van der Waals surface area (Å²) in [5, 5.41) is 15.5. The first-order valence-corrected chi connectivity index (χ1v) is 5.66. The lowest BCUT2D eigenvalue weighted by Gasteiger charge is -2.34. The number of hydrogen-bond acceptors (Lipinski definition) is 4. The molecule has 0 aliphatic heterocycles. The average Bonchev–Trinajstić information content (AvgIpc) is 2.63. The lowest BCUT2D eigenvalue weighted by atomic mass is 9.83. The molecule has 1 fully saturated rings. The molecule has 2 rings (SSSR count). The van der Waals surface area contributed by atoms with E-state index in [0.717, 1.165) is 12.4 Å². The molecule has 1 aliphatic carbocycles. The molecule has 0 aromatic carbocycles. The van der Waals surface area contributed by atoms with Crippen LogP contribution in [0.5, 0.6) is 0 Å². The van der Waals surface area contributed by atoms with E-state index in [0.29, 0.717) is 0 Å². The highest BCUT2D eigenvalue weighted by Gasteiger charge is 2.26. The molecule has 0 bridgehead atoms. The number of aryl methyl sites for hydroxylation is 1. The molecule has 0 unspecified atom stereocenters. The molecule has 84 valence electrons. The Morgan fingerprint density at radius 2 is 2.07 bits per heavy atom. The van der Waals surface area contributed by atoms with Gasteiger partial charge >= 0.3 is 0 Å². The maximum Gasteiger partial charge on any atom is 0.188 e. The number of aromatic nitrogens is 4. The number of nitrogens with zero attached hydrogens (tertiary/aromatic N) is 4. The molecule has 1 heterocycles. The van der Waals surface area contributed by atoms with Gasteiger partial charge in [-0.15, -0.1) is 10.2 Å². The SMILES string of the molecule is Cn1nnc(CNC2(C)CCCCC2)n1. The molecule has 1 aromatic heterocycles. The zero-order valence-electron chi connectivity index (χ0n) is 9.53. The van der Waals surface area contributed by atoms with E-state index < -0.39 is 0 Å². The second-order valence-electron chi connectivity index (χ2n) is 4.67. The van der Waals surface area contributed by atoms with Gasteiger partial charge in [0.25, 0.3) is 0 Å². The summed E-state index contributed by atoms with van der Waals surface area (Å²) in [5.74, 6) is 0.782. The second-order valence-corrected chi connectivity index (χ2v) is 4.67. The van der Waals surface area contributed by atoms with Crippen LogP contribution in [-0.2, 0) is 13.6 Å². The molecule has 1 aliphatic rings. The molecular weight excluding hydrogens is 190 g/mol. The molecule has 0 amide bonds. The molecule has 15 heavy (non-hydrogen) atoms. The predicted molar refractivity (Wildman–Crippen MR) is 57.1 cm³/mol. The van der Waals surface area contributed by atoms with Crippen molar-refractivity contribution < 1.29 is 0 Å². The molecular formula is C10H19N5. The van der Waals surface area contributed by atoms with E-state index in [9.17, 15) is 0 Å². The molecule has 5 nitrogen and oxygen atoms in total. The highest BCUT2D eigenvalue weighted by atomic mass is 15.6. The van der Waals surface area contributed by atoms with Gasteiger partial charge in [0.2, 0.25) is 0 Å². The first-order chi connectivity index (χ1) is 7.18. The van der Waals surface area contributed by atoms with Gasteiger partial charge < -0.3 is 5.32 Å². The topological polar surface area (TPSA) is 55.6 Å². The van der Waals surface area contributed by atoms with Crippen LogP contribution in [-0.4, -0.2) is 25.7 Å². The summed E-state index contributed by atoms with van der Waals surface area (Å²) in [6, 6.07) is 0. The van der Waals surface area contributed by atoms with Crippen LogP contribution in [0.25, 0.3) is 0 Å². The Hall–Kier alpha value is -0.970. The van der Waals surface area contributed by atoms with Crippen LogP contribution >= 0.6 is 0 Å². The van der Waals surface area contributed by atoms with E-state index in [1.54, 1.807) is 7.05 Å². The summed E-state index contributed by atoms with van der Waals surface area (Å²) >= 11 is 0. The number of rotatable bonds is 3. The Labute approximate surface area is 90.2 Å². The quantitative estimate of drug-likeness (QED) is 0.807. The summed E-state index contributed by atoms with van der Waals surface area (Å²) in [6.45, 7) is 3.02. The lowest BCUT2D eigenvalue weighted by Crippen LogP contribution is -2.43. The van der Waals surface area contributed by atoms with Crippen LogP contribution in [0.4, 0.5) is 0 Å². The third kappa shape index (κ3) is 2.75. The minimum Gasteiger partial charge on any atom is -0.304 e. The summed E-state index contributed by atoms with van der Waals surface area (Å²) in [7, 11) is 1.79. The van der Waals surface area contributed by atoms with Crippen molar-refractivity contribution in [1.29, 1.82) is 0 Å². The highest BCUT2D eigenvalue weighted by molar-refractivity contribution is 4.88. The Kier molecular flexibility index (Phi) is 3.00. The van der Waals surface area contributed by atoms with E-state index in [2.05, 4.69) is 27.7 Å². The van der Waals surface area contributed by atoms with Crippen LogP contribution in [0.2, 0.25) is 0 Å². The van der Waals surface area contributed by atoms with Crippen LogP contribution in [0, 0.1) is 0 Å². The molecule has 0 radical (unpaired) electrons. The highest BCUT2D eigenvalue weighted by Crippen LogP contribution is 2.27. The van der Waals surface area contributed by atoms with E-state index in [1.807, 2.05) is 0 Å². The molecule has 1 aromatic rings. The Balaban J connectivity index is 1.86. The molecule has 5 heteroatoms. The van der Waals surface area contributed by atoms with Crippen molar-refractivity contribution in [3.63, 3.8) is 0 Å². The van der Waals surface area contributed by atoms with Gasteiger partial charge in [0, 0.05) is 5.54 Å². The fraction of sp³-hybridized carbons (Fsp3) is 0.900. The first-order valence-electron chi connectivity index (χ1n) is 5.66. The largest absolute Gasteiger partial charge is 0.304 e. The Morgan fingerprint density at radius 1 is 1.33 bits per heavy atom. The smallest absolute Gasteiger partial charge is 0.188 e. The van der Waals surface area contributed by atoms with Crippen molar-refractivity contribution in [2.45, 2.75) is 51.1 Å². The van der Waals surface area contributed by atoms with Crippen molar-refractivity contribution in [3.05, 3.63) is 5.82 Å². The maximum absolute atomic E-state index is 4.16. The van der Waals surface area contributed by atoms with Gasteiger partial charge in [-0.1, -0.05) is 19.3 Å². The zero-order valence-corrected chi connectivity index (χ0v) is 9.53. The monoisotopic (exact) mass is 209 g/mol. The van der Waals surface area contributed by atoms with Crippen LogP contribution in [0.15, 0.2) is 0 Å². The molecule has 0 saturated heterocycles. The molecule has 1 saturated carbocycles. The minimum absolute atomic E-state index is 0.275. The second kappa shape index (κ2) is 4.26. The van der Waals surface area contributed by atoms with Crippen molar-refractivity contribution in [1.82, 2.24) is 25.5 Å². The van der Waals surface area contributed by atoms with E-state index in [-0.39, 0.29) is 5.54 Å². The summed E-state index contributed by atoms with van der Waals surface area (Å²) < 4.78 is 0. The van der Waals surface area contributed by atoms with Gasteiger partial charge in [-0.25, -0.2) is 0 Å². The van der Waals surface area contributed by atoms with Gasteiger partial charge in [0.1, 0.15) is 0 Å². The summed E-state index contributed by atoms with van der Waals surface area (Å²) in [4.78, 5) is 1.50. The number of nitrogens with one attached hydrogen (secondary N) is 1. The Bertz CT molecular complexity index is 313. The lowest BCUT2D eigenvalue weighted by molar-refractivity contribution is 0.250. The van der Waals surface area contributed by atoms with Crippen LogP contribution in [0.3, 0.4) is 0 Å². The maximum atomic E-state index is 4.16. The van der Waals surface area contributed by atoms with Crippen molar-refractivity contribution in [2.24, 2.45) is 7.05 Å². The fourth-order valence-electron chi connectivity index (χ4n) is 2.20. The third-order valence-corrected chi connectivity index (χ3v) is 3.18. The van der Waals surface area contributed by atoms with Crippen molar-refractivity contribution >= 4 is 0 Å². The molecule has 0 atom stereocenters. The Morgan fingerprint density at radius 3 is 2.67 bits per heavy atom. The van der Waals surface area contributed by atoms with Crippen molar-refractivity contribution in [3.8, 4) is 0 Å². The number of hydrogen-bond donors (Lipinski definition) is 1. The third-order valence-electron chi connectivity index (χ3n) is 3.18. The van der Waals surface area contributed by atoms with Gasteiger partial charge in [-0.3, -0.25) is 0 Å². The van der Waals surface area contributed by atoms with Gasteiger partial charge in [0.05, 0.1) is 13.6 Å². The van der Waals surface area contributed by atoms with Crippen molar-refractivity contribution in [2.75, 3.05) is 0 Å². The van der Waals surface area contributed by atoms with Crippen LogP contribution in [0.1, 0.15) is 44.9 Å². The minimum atomic E-state index is 0.275. The first kappa shape index (κ1) is 10.5. The van der Waals surface area contributed by atoms with E-state index >= 15 is 0 Å². The standard InChI is InChI=1S/C10H19N5/c1-10(6-4-3-5-7-10)11-8-9-12-14-15(2)13-9/h11H,3-8H2,1-2H3. The van der Waals surface area contributed by atoms with E-state index in [4.69, 9.17) is 0 Å². The summed E-state index contributed by atoms with van der Waals surface area (Å²) in [5.41, 5.74) is 0.275. The molecule has 1 N–H and O–H groups in total. The summed E-state index contributed by atoms with van der Waals surface area (Å²) in [6.07, 6.45) is 6.55. The van der Waals surface area contributed by atoms with E-state index in [1.165, 1.54) is 36.9 Å². The van der Waals surface area contributed by atoms with Crippen LogP contribution < -0.4 is 5.32 Å². The van der Waals surface area contributed by atoms with Gasteiger partial charge in [0.15, 0.2) is 5.82 Å². The molecule has 0 spiro atoms. The number of tetrazole rings is 1.